The van der Waals surface area contributed by atoms with Crippen molar-refractivity contribution in [3.63, 3.8) is 0 Å². The van der Waals surface area contributed by atoms with Gasteiger partial charge in [-0.05, 0) is 93.0 Å². The van der Waals surface area contributed by atoms with Crippen molar-refractivity contribution < 1.29 is 4.42 Å². The number of hydrogen-bond donors (Lipinski definition) is 0. The van der Waals surface area contributed by atoms with Crippen LogP contribution in [-0.4, -0.2) is 0 Å². The summed E-state index contributed by atoms with van der Waals surface area (Å²) in [5.74, 6) is 0. The summed E-state index contributed by atoms with van der Waals surface area (Å²) in [6.07, 6.45) is 0. The molecule has 3 heteroatoms. The van der Waals surface area contributed by atoms with Crippen LogP contribution in [0.5, 0.6) is 0 Å². The molecule has 11 aromatic rings. The van der Waals surface area contributed by atoms with Crippen LogP contribution >= 0.6 is 11.3 Å². The Morgan fingerprint density at radius 3 is 1.87 bits per heavy atom. The SMILES string of the molecule is c1ccc(-c2ccc(N(c3ccc4sc5ccccc5c4c3)c3cccc4c3oc3c5ccccc5c(-c5ccc6ccccc6c5)cc43)cc2)cc1. The molecule has 0 aliphatic carbocycles. The number of para-hydroxylation sites is 1. The number of anilines is 3. The second kappa shape index (κ2) is 11.9. The minimum Gasteiger partial charge on any atom is -0.453 e. The molecule has 0 atom stereocenters. The first-order chi connectivity index (χ1) is 26.3. The minimum absolute atomic E-state index is 0.866. The molecule has 0 fully saturated rings. The standard InChI is InChI=1S/C50H31NOS/c1-2-11-32(12-3-1)34-23-25-37(26-24-34)51(38-27-28-48-44(30-38)40-16-8-9-20-47(40)53-48)46-19-10-18-42-45-31-43(36-22-21-33-13-4-5-14-35(33)29-36)39-15-6-7-17-41(39)49(45)52-50(42)46/h1-31H. The number of benzene rings is 9. The van der Waals surface area contributed by atoms with Crippen LogP contribution in [0.3, 0.4) is 0 Å². The summed E-state index contributed by atoms with van der Waals surface area (Å²) < 4.78 is 9.66. The molecule has 248 valence electrons. The molecule has 0 unspecified atom stereocenters. The van der Waals surface area contributed by atoms with Crippen LogP contribution in [-0.2, 0) is 0 Å². The summed E-state index contributed by atoms with van der Waals surface area (Å²) in [5, 5.41) is 9.52. The second-order valence-electron chi connectivity index (χ2n) is 13.7. The maximum atomic E-state index is 7.08. The molecule has 0 amide bonds. The van der Waals surface area contributed by atoms with Gasteiger partial charge in [0.25, 0.3) is 0 Å². The zero-order chi connectivity index (χ0) is 34.9. The molecule has 0 aliphatic heterocycles. The smallest absolute Gasteiger partial charge is 0.159 e. The van der Waals surface area contributed by atoms with E-state index in [0.29, 0.717) is 0 Å². The molecule has 53 heavy (non-hydrogen) atoms. The fraction of sp³-hybridized carbons (Fsp3) is 0. The van der Waals surface area contributed by atoms with E-state index < -0.39 is 0 Å². The summed E-state index contributed by atoms with van der Waals surface area (Å²) in [6.45, 7) is 0. The minimum atomic E-state index is 0.866. The first kappa shape index (κ1) is 30.0. The van der Waals surface area contributed by atoms with E-state index in [1.54, 1.807) is 0 Å². The maximum absolute atomic E-state index is 7.08. The van der Waals surface area contributed by atoms with Crippen LogP contribution in [0.4, 0.5) is 17.1 Å². The summed E-state index contributed by atoms with van der Waals surface area (Å²) >= 11 is 1.84. The largest absolute Gasteiger partial charge is 0.453 e. The average molecular weight is 694 g/mol. The Hall–Kier alpha value is -6.68. The first-order valence-electron chi connectivity index (χ1n) is 18.0. The van der Waals surface area contributed by atoms with Gasteiger partial charge in [-0.1, -0.05) is 133 Å². The topological polar surface area (TPSA) is 16.4 Å². The van der Waals surface area contributed by atoms with E-state index in [-0.39, 0.29) is 0 Å². The number of rotatable bonds is 5. The van der Waals surface area contributed by atoms with Gasteiger partial charge in [-0.2, -0.15) is 0 Å². The molecule has 0 saturated heterocycles. The van der Waals surface area contributed by atoms with E-state index in [1.165, 1.54) is 58.6 Å². The zero-order valence-electron chi connectivity index (χ0n) is 28.7. The molecule has 0 bridgehead atoms. The van der Waals surface area contributed by atoms with Crippen LogP contribution in [0, 0.1) is 0 Å². The third-order valence-corrected chi connectivity index (χ3v) is 11.8. The van der Waals surface area contributed by atoms with E-state index in [2.05, 4.69) is 193 Å². The van der Waals surface area contributed by atoms with Crippen molar-refractivity contribution >= 4 is 92.1 Å². The highest BCUT2D eigenvalue weighted by atomic mass is 32.1. The molecule has 0 aliphatic rings. The van der Waals surface area contributed by atoms with Crippen LogP contribution in [0.2, 0.25) is 0 Å². The summed E-state index contributed by atoms with van der Waals surface area (Å²) in [7, 11) is 0. The van der Waals surface area contributed by atoms with Crippen LogP contribution in [0.1, 0.15) is 0 Å². The monoisotopic (exact) mass is 693 g/mol. The molecule has 2 heterocycles. The van der Waals surface area contributed by atoms with Crippen LogP contribution in [0.25, 0.3) is 85.9 Å². The molecule has 2 nitrogen and oxygen atoms in total. The van der Waals surface area contributed by atoms with Gasteiger partial charge in [0.15, 0.2) is 5.58 Å². The predicted molar refractivity (Wildman–Crippen MR) is 227 cm³/mol. The fourth-order valence-corrected chi connectivity index (χ4v) is 9.18. The van der Waals surface area contributed by atoms with Gasteiger partial charge in [0.2, 0.25) is 0 Å². The van der Waals surface area contributed by atoms with E-state index >= 15 is 0 Å². The van der Waals surface area contributed by atoms with Gasteiger partial charge in [0, 0.05) is 47.7 Å². The van der Waals surface area contributed by atoms with Crippen molar-refractivity contribution in [3.8, 4) is 22.3 Å². The number of thiophene rings is 1. The highest BCUT2D eigenvalue weighted by molar-refractivity contribution is 7.25. The molecule has 9 aromatic carbocycles. The van der Waals surface area contributed by atoms with E-state index in [0.717, 1.165) is 44.4 Å². The molecule has 0 spiro atoms. The lowest BCUT2D eigenvalue weighted by atomic mass is 9.94. The third-order valence-electron chi connectivity index (χ3n) is 10.6. The lowest BCUT2D eigenvalue weighted by molar-refractivity contribution is 0.673. The lowest BCUT2D eigenvalue weighted by Crippen LogP contribution is -2.10. The molecule has 0 saturated carbocycles. The van der Waals surface area contributed by atoms with Crippen molar-refractivity contribution in [1.82, 2.24) is 0 Å². The molecule has 0 N–H and O–H groups in total. The van der Waals surface area contributed by atoms with E-state index in [9.17, 15) is 0 Å². The highest BCUT2D eigenvalue weighted by Crippen LogP contribution is 2.47. The first-order valence-corrected chi connectivity index (χ1v) is 18.8. The third kappa shape index (κ3) is 4.86. The summed E-state index contributed by atoms with van der Waals surface area (Å²) in [6, 6.07) is 67.9. The van der Waals surface area contributed by atoms with Gasteiger partial charge in [0.1, 0.15) is 5.58 Å². The van der Waals surface area contributed by atoms with E-state index in [4.69, 9.17) is 4.42 Å². The number of fused-ring (bicyclic) bond motifs is 9. The maximum Gasteiger partial charge on any atom is 0.159 e. The Labute approximate surface area is 310 Å². The Kier molecular flexibility index (Phi) is 6.76. The Bertz CT molecular complexity index is 3170. The normalized spacial score (nSPS) is 11.8. The van der Waals surface area contributed by atoms with E-state index in [1.807, 2.05) is 11.3 Å². The van der Waals surface area contributed by atoms with Gasteiger partial charge < -0.3 is 9.32 Å². The molecule has 11 rings (SSSR count). The van der Waals surface area contributed by atoms with Crippen molar-refractivity contribution in [3.05, 3.63) is 188 Å². The van der Waals surface area contributed by atoms with Gasteiger partial charge in [-0.25, -0.2) is 0 Å². The average Bonchev–Trinajstić information content (AvgIpc) is 3.80. The molecule has 2 aromatic heterocycles. The molecular formula is C50H31NOS. The molecule has 0 radical (unpaired) electrons. The van der Waals surface area contributed by atoms with Crippen LogP contribution in [0.15, 0.2) is 192 Å². The number of nitrogens with zero attached hydrogens (tertiary/aromatic N) is 1. The lowest BCUT2D eigenvalue weighted by Gasteiger charge is -2.26. The van der Waals surface area contributed by atoms with Gasteiger partial charge in [-0.15, -0.1) is 11.3 Å². The number of furan rings is 1. The van der Waals surface area contributed by atoms with Crippen molar-refractivity contribution in [2.24, 2.45) is 0 Å². The highest BCUT2D eigenvalue weighted by Gasteiger charge is 2.22. The number of hydrogen-bond acceptors (Lipinski definition) is 3. The van der Waals surface area contributed by atoms with Crippen molar-refractivity contribution in [1.29, 1.82) is 0 Å². The quantitative estimate of drug-likeness (QED) is 0.178. The van der Waals surface area contributed by atoms with Crippen molar-refractivity contribution in [2.75, 3.05) is 4.90 Å². The van der Waals surface area contributed by atoms with Gasteiger partial charge in [-0.3, -0.25) is 0 Å². The Morgan fingerprint density at radius 2 is 1.00 bits per heavy atom. The summed E-state index contributed by atoms with van der Waals surface area (Å²) in [5.41, 5.74) is 9.71. The summed E-state index contributed by atoms with van der Waals surface area (Å²) in [4.78, 5) is 2.36. The Morgan fingerprint density at radius 1 is 0.358 bits per heavy atom. The zero-order valence-corrected chi connectivity index (χ0v) is 29.5. The fourth-order valence-electron chi connectivity index (χ4n) is 8.09. The molecular weight excluding hydrogens is 663 g/mol. The predicted octanol–water partition coefficient (Wildman–Crippen LogP) is 15.1. The van der Waals surface area contributed by atoms with Crippen molar-refractivity contribution in [2.45, 2.75) is 0 Å². The Balaban J connectivity index is 1.15. The second-order valence-corrected chi connectivity index (χ2v) is 14.8. The van der Waals surface area contributed by atoms with Gasteiger partial charge in [0.05, 0.1) is 5.69 Å². The van der Waals surface area contributed by atoms with Crippen LogP contribution < -0.4 is 4.90 Å². The van der Waals surface area contributed by atoms with Gasteiger partial charge >= 0.3 is 0 Å².